The highest BCUT2D eigenvalue weighted by molar-refractivity contribution is 5.75. The summed E-state index contributed by atoms with van der Waals surface area (Å²) < 4.78 is 0. The van der Waals surface area contributed by atoms with Gasteiger partial charge < -0.3 is 10.6 Å². The molecule has 2 bridgehead atoms. The van der Waals surface area contributed by atoms with Crippen LogP contribution in [0.4, 0.5) is 0 Å². The maximum Gasteiger partial charge on any atom is 0.221 e. The predicted octanol–water partition coefficient (Wildman–Crippen LogP) is 0.727. The van der Waals surface area contributed by atoms with E-state index in [0.717, 1.165) is 6.54 Å². The van der Waals surface area contributed by atoms with Crippen LogP contribution < -0.4 is 10.6 Å². The summed E-state index contributed by atoms with van der Waals surface area (Å²) in [6.07, 6.45) is 7.13. The maximum absolute atomic E-state index is 11.3. The van der Waals surface area contributed by atoms with Crippen LogP contribution in [0.3, 0.4) is 0 Å². The standard InChI is InChI=1S/C13H25N3O/c1-14-10-8-11-4-3-5-12(9-10)16(11)7-6-13(17)15-2/h10-12,14H,3-9H2,1-2H3,(H,15,17). The average Bonchev–Trinajstić information content (AvgIpc) is 2.34. The number of amides is 1. The van der Waals surface area contributed by atoms with Crippen molar-refractivity contribution < 1.29 is 4.79 Å². The van der Waals surface area contributed by atoms with Gasteiger partial charge in [0.2, 0.25) is 5.91 Å². The van der Waals surface area contributed by atoms with E-state index in [1.807, 2.05) is 0 Å². The molecule has 4 heteroatoms. The van der Waals surface area contributed by atoms with Crippen molar-refractivity contribution in [2.45, 2.75) is 56.7 Å². The number of fused-ring (bicyclic) bond motifs is 2. The lowest BCUT2D eigenvalue weighted by molar-refractivity contribution is -0.121. The monoisotopic (exact) mass is 239 g/mol. The van der Waals surface area contributed by atoms with Gasteiger partial charge in [0.05, 0.1) is 0 Å². The topological polar surface area (TPSA) is 44.4 Å². The maximum atomic E-state index is 11.3. The van der Waals surface area contributed by atoms with Crippen molar-refractivity contribution in [2.75, 3.05) is 20.6 Å². The van der Waals surface area contributed by atoms with Crippen LogP contribution in [-0.2, 0) is 4.79 Å². The highest BCUT2D eigenvalue weighted by Crippen LogP contribution is 2.33. The fourth-order valence-electron chi connectivity index (χ4n) is 3.43. The molecule has 0 aromatic carbocycles. The molecular formula is C13H25N3O. The molecule has 17 heavy (non-hydrogen) atoms. The van der Waals surface area contributed by atoms with Crippen molar-refractivity contribution in [1.29, 1.82) is 0 Å². The molecule has 2 saturated heterocycles. The van der Waals surface area contributed by atoms with Gasteiger partial charge in [-0.1, -0.05) is 6.42 Å². The van der Waals surface area contributed by atoms with Crippen molar-refractivity contribution >= 4 is 5.91 Å². The Balaban J connectivity index is 1.91. The molecule has 0 spiro atoms. The number of hydrogen-bond acceptors (Lipinski definition) is 3. The first-order chi connectivity index (χ1) is 8.24. The number of rotatable bonds is 4. The van der Waals surface area contributed by atoms with Crippen LogP contribution in [-0.4, -0.2) is 49.6 Å². The molecule has 2 aliphatic heterocycles. The Hall–Kier alpha value is -0.610. The fraction of sp³-hybridized carbons (Fsp3) is 0.923. The van der Waals surface area contributed by atoms with E-state index >= 15 is 0 Å². The highest BCUT2D eigenvalue weighted by Gasteiger charge is 2.37. The van der Waals surface area contributed by atoms with Crippen molar-refractivity contribution in [3.8, 4) is 0 Å². The van der Waals surface area contributed by atoms with E-state index in [9.17, 15) is 4.79 Å². The lowest BCUT2D eigenvalue weighted by atomic mass is 9.81. The van der Waals surface area contributed by atoms with Gasteiger partial charge in [0.25, 0.3) is 0 Å². The molecule has 2 heterocycles. The van der Waals surface area contributed by atoms with E-state index in [0.29, 0.717) is 24.5 Å². The van der Waals surface area contributed by atoms with Crippen LogP contribution in [0.1, 0.15) is 38.5 Å². The molecule has 2 atom stereocenters. The minimum atomic E-state index is 0.166. The van der Waals surface area contributed by atoms with E-state index < -0.39 is 0 Å². The van der Waals surface area contributed by atoms with Crippen LogP contribution in [0.2, 0.25) is 0 Å². The Kier molecular flexibility index (Phi) is 4.40. The zero-order valence-electron chi connectivity index (χ0n) is 11.0. The molecule has 2 aliphatic rings. The van der Waals surface area contributed by atoms with Gasteiger partial charge in [0.1, 0.15) is 0 Å². The fourth-order valence-corrected chi connectivity index (χ4v) is 3.43. The molecule has 2 rings (SSSR count). The van der Waals surface area contributed by atoms with Gasteiger partial charge in [-0.3, -0.25) is 9.69 Å². The summed E-state index contributed by atoms with van der Waals surface area (Å²) in [4.78, 5) is 13.9. The van der Waals surface area contributed by atoms with Crippen molar-refractivity contribution in [3.63, 3.8) is 0 Å². The molecule has 98 valence electrons. The minimum absolute atomic E-state index is 0.166. The van der Waals surface area contributed by atoms with E-state index in [2.05, 4.69) is 22.6 Å². The summed E-state index contributed by atoms with van der Waals surface area (Å²) in [5.74, 6) is 0.166. The van der Waals surface area contributed by atoms with E-state index in [4.69, 9.17) is 0 Å². The average molecular weight is 239 g/mol. The molecule has 0 radical (unpaired) electrons. The van der Waals surface area contributed by atoms with Crippen LogP contribution in [0.25, 0.3) is 0 Å². The Labute approximate surface area is 104 Å². The van der Waals surface area contributed by atoms with Crippen LogP contribution in [0, 0.1) is 0 Å². The third-order valence-corrected chi connectivity index (χ3v) is 4.41. The molecular weight excluding hydrogens is 214 g/mol. The molecule has 4 nitrogen and oxygen atoms in total. The predicted molar refractivity (Wildman–Crippen MR) is 68.9 cm³/mol. The van der Waals surface area contributed by atoms with E-state index in [1.165, 1.54) is 32.1 Å². The molecule has 2 unspecified atom stereocenters. The smallest absolute Gasteiger partial charge is 0.221 e. The van der Waals surface area contributed by atoms with E-state index in [1.54, 1.807) is 7.05 Å². The number of nitrogens with zero attached hydrogens (tertiary/aromatic N) is 1. The van der Waals surface area contributed by atoms with Crippen LogP contribution >= 0.6 is 0 Å². The number of carbonyl (C=O) groups excluding carboxylic acids is 1. The van der Waals surface area contributed by atoms with Gasteiger partial charge in [0.15, 0.2) is 0 Å². The first-order valence-corrected chi connectivity index (χ1v) is 6.88. The Bertz CT molecular complexity index is 255. The number of carbonyl (C=O) groups is 1. The SMILES string of the molecule is CNC(=O)CCN1C2CCCC1CC(NC)C2. The zero-order valence-corrected chi connectivity index (χ0v) is 11.0. The second-order valence-electron chi connectivity index (χ2n) is 5.36. The van der Waals surface area contributed by atoms with Crippen LogP contribution in [0.5, 0.6) is 0 Å². The van der Waals surface area contributed by atoms with Gasteiger partial charge in [-0.05, 0) is 32.7 Å². The summed E-state index contributed by atoms with van der Waals surface area (Å²) in [5.41, 5.74) is 0. The van der Waals surface area contributed by atoms with E-state index in [-0.39, 0.29) is 5.91 Å². The number of nitrogens with one attached hydrogen (secondary N) is 2. The Morgan fingerprint density at radius 1 is 1.24 bits per heavy atom. The van der Waals surface area contributed by atoms with Gasteiger partial charge in [-0.2, -0.15) is 0 Å². The molecule has 0 aliphatic carbocycles. The van der Waals surface area contributed by atoms with Gasteiger partial charge in [-0.25, -0.2) is 0 Å². The second-order valence-corrected chi connectivity index (χ2v) is 5.36. The highest BCUT2D eigenvalue weighted by atomic mass is 16.1. The number of hydrogen-bond donors (Lipinski definition) is 2. The third-order valence-electron chi connectivity index (χ3n) is 4.41. The van der Waals surface area contributed by atoms with Gasteiger partial charge in [-0.15, -0.1) is 0 Å². The summed E-state index contributed by atoms with van der Waals surface area (Å²) in [7, 11) is 3.79. The van der Waals surface area contributed by atoms with Crippen LogP contribution in [0.15, 0.2) is 0 Å². The molecule has 0 aromatic rings. The molecule has 2 N–H and O–H groups in total. The Morgan fingerprint density at radius 3 is 2.41 bits per heavy atom. The zero-order chi connectivity index (χ0) is 12.3. The summed E-state index contributed by atoms with van der Waals surface area (Å²) in [6, 6.07) is 2.08. The van der Waals surface area contributed by atoms with Gasteiger partial charge >= 0.3 is 0 Å². The lowest BCUT2D eigenvalue weighted by Gasteiger charge is -2.49. The normalized spacial score (nSPS) is 33.4. The second kappa shape index (κ2) is 5.83. The molecule has 2 fully saturated rings. The quantitative estimate of drug-likeness (QED) is 0.760. The molecule has 0 saturated carbocycles. The largest absolute Gasteiger partial charge is 0.359 e. The summed E-state index contributed by atoms with van der Waals surface area (Å²) >= 11 is 0. The Morgan fingerprint density at radius 2 is 1.88 bits per heavy atom. The first-order valence-electron chi connectivity index (χ1n) is 6.88. The van der Waals surface area contributed by atoms with Crippen molar-refractivity contribution in [3.05, 3.63) is 0 Å². The summed E-state index contributed by atoms with van der Waals surface area (Å²) in [5, 5.41) is 6.14. The summed E-state index contributed by atoms with van der Waals surface area (Å²) in [6.45, 7) is 0.936. The lowest BCUT2D eigenvalue weighted by Crippen LogP contribution is -2.56. The number of piperidine rings is 2. The first kappa shape index (κ1) is 12.8. The van der Waals surface area contributed by atoms with Crippen molar-refractivity contribution in [2.24, 2.45) is 0 Å². The molecule has 1 amide bonds. The van der Waals surface area contributed by atoms with Crippen molar-refractivity contribution in [1.82, 2.24) is 15.5 Å². The third kappa shape index (κ3) is 2.99. The van der Waals surface area contributed by atoms with Gasteiger partial charge in [0, 0.05) is 38.1 Å². The molecule has 0 aromatic heterocycles. The minimum Gasteiger partial charge on any atom is -0.359 e.